The van der Waals surface area contributed by atoms with Crippen molar-refractivity contribution in [1.29, 1.82) is 0 Å². The van der Waals surface area contributed by atoms with E-state index in [-0.39, 0.29) is 18.7 Å². The van der Waals surface area contributed by atoms with Crippen LogP contribution < -0.4 is 0 Å². The number of carboxylic acids is 1. The zero-order valence-corrected chi connectivity index (χ0v) is 13.5. The molecule has 2 rings (SSSR count). The number of alkyl halides is 3. The van der Waals surface area contributed by atoms with Gasteiger partial charge in [-0.2, -0.15) is 18.3 Å². The predicted molar refractivity (Wildman–Crippen MR) is 82.5 cm³/mol. The first-order chi connectivity index (χ1) is 11.6. The van der Waals surface area contributed by atoms with Crippen LogP contribution in [-0.2, 0) is 11.0 Å². The summed E-state index contributed by atoms with van der Waals surface area (Å²) in [5.41, 5.74) is -1.03. The maximum atomic E-state index is 13.6. The Morgan fingerprint density at radius 2 is 1.92 bits per heavy atom. The van der Waals surface area contributed by atoms with E-state index in [1.54, 1.807) is 25.1 Å². The minimum atomic E-state index is -4.81. The lowest BCUT2D eigenvalue weighted by Gasteiger charge is -2.18. The van der Waals surface area contributed by atoms with E-state index >= 15 is 0 Å². The number of carbonyl (C=O) groups excluding carboxylic acids is 1. The van der Waals surface area contributed by atoms with Crippen LogP contribution in [0, 0.1) is 6.92 Å². The zero-order valence-electron chi connectivity index (χ0n) is 13.5. The Morgan fingerprint density at radius 1 is 1.28 bits per heavy atom. The summed E-state index contributed by atoms with van der Waals surface area (Å²) < 4.78 is 41.4. The van der Waals surface area contributed by atoms with Gasteiger partial charge in [-0.15, -0.1) is 0 Å². The summed E-state index contributed by atoms with van der Waals surface area (Å²) in [6.45, 7) is 1.43. The number of halogens is 3. The monoisotopic (exact) mass is 355 g/mol. The van der Waals surface area contributed by atoms with Gasteiger partial charge in [0.05, 0.1) is 23.9 Å². The topological polar surface area (TPSA) is 75.4 Å². The van der Waals surface area contributed by atoms with Crippen LogP contribution in [0.1, 0.15) is 28.0 Å². The number of benzene rings is 1. The van der Waals surface area contributed by atoms with Crippen molar-refractivity contribution in [3.05, 3.63) is 47.3 Å². The van der Waals surface area contributed by atoms with Gasteiger partial charge in [0.15, 0.2) is 5.69 Å². The highest BCUT2D eigenvalue weighted by molar-refractivity contribution is 5.95. The summed E-state index contributed by atoms with van der Waals surface area (Å²) in [5.74, 6) is -2.08. The Balaban J connectivity index is 2.49. The van der Waals surface area contributed by atoms with E-state index in [1.807, 2.05) is 0 Å². The van der Waals surface area contributed by atoms with Gasteiger partial charge in [0.2, 0.25) is 0 Å². The first kappa shape index (κ1) is 18.5. The Morgan fingerprint density at radius 3 is 2.48 bits per heavy atom. The molecule has 0 radical (unpaired) electrons. The Hall–Kier alpha value is -2.84. The average molecular weight is 355 g/mol. The number of rotatable bonds is 5. The smallest absolute Gasteiger partial charge is 0.434 e. The summed E-state index contributed by atoms with van der Waals surface area (Å²) in [6.07, 6.45) is -4.32. The molecule has 0 aliphatic heterocycles. The Bertz CT molecular complexity index is 799. The molecule has 9 heteroatoms. The summed E-state index contributed by atoms with van der Waals surface area (Å²) in [7, 11) is 1.25. The predicted octanol–water partition coefficient (Wildman–Crippen LogP) is 2.75. The summed E-state index contributed by atoms with van der Waals surface area (Å²) >= 11 is 0. The van der Waals surface area contributed by atoms with Crippen LogP contribution in [-0.4, -0.2) is 45.3 Å². The molecule has 0 saturated heterocycles. The van der Waals surface area contributed by atoms with Crippen molar-refractivity contribution in [3.8, 4) is 5.69 Å². The van der Waals surface area contributed by atoms with E-state index < -0.39 is 29.3 Å². The minimum absolute atomic E-state index is 0.207. The van der Waals surface area contributed by atoms with Gasteiger partial charge in [-0.05, 0) is 18.6 Å². The van der Waals surface area contributed by atoms with Gasteiger partial charge < -0.3 is 10.0 Å². The van der Waals surface area contributed by atoms with Crippen LogP contribution in [0.5, 0.6) is 0 Å². The number of aryl methyl sites for hydroxylation is 1. The number of hydrogen-bond acceptors (Lipinski definition) is 3. The van der Waals surface area contributed by atoms with Crippen LogP contribution in [0.3, 0.4) is 0 Å². The van der Waals surface area contributed by atoms with Crippen molar-refractivity contribution in [3.63, 3.8) is 0 Å². The van der Waals surface area contributed by atoms with Gasteiger partial charge in [-0.3, -0.25) is 9.59 Å². The first-order valence-electron chi connectivity index (χ1n) is 7.31. The van der Waals surface area contributed by atoms with E-state index in [9.17, 15) is 22.8 Å². The minimum Gasteiger partial charge on any atom is -0.481 e. The second kappa shape index (κ2) is 6.96. The van der Waals surface area contributed by atoms with E-state index in [2.05, 4.69) is 5.10 Å². The van der Waals surface area contributed by atoms with Crippen LogP contribution in [0.2, 0.25) is 0 Å². The molecule has 0 unspecified atom stereocenters. The molecule has 0 bridgehead atoms. The molecular weight excluding hydrogens is 339 g/mol. The number of nitrogens with zero attached hydrogens (tertiary/aromatic N) is 3. The van der Waals surface area contributed by atoms with Gasteiger partial charge in [0.25, 0.3) is 5.91 Å². The third kappa shape index (κ3) is 3.98. The Labute approximate surface area is 141 Å². The lowest BCUT2D eigenvalue weighted by molar-refractivity contribution is -0.143. The second-order valence-corrected chi connectivity index (χ2v) is 5.47. The molecule has 0 atom stereocenters. The zero-order chi connectivity index (χ0) is 18.8. The number of carbonyl (C=O) groups is 2. The number of para-hydroxylation sites is 1. The van der Waals surface area contributed by atoms with Gasteiger partial charge >= 0.3 is 12.1 Å². The molecule has 25 heavy (non-hydrogen) atoms. The van der Waals surface area contributed by atoms with Crippen molar-refractivity contribution in [2.45, 2.75) is 19.5 Å². The molecule has 134 valence electrons. The molecule has 0 aliphatic rings. The van der Waals surface area contributed by atoms with Crippen molar-refractivity contribution in [1.82, 2.24) is 14.7 Å². The fourth-order valence-electron chi connectivity index (χ4n) is 2.33. The number of hydrogen-bond donors (Lipinski definition) is 1. The molecular formula is C16H16F3N3O3. The van der Waals surface area contributed by atoms with E-state index in [1.165, 1.54) is 13.1 Å². The van der Waals surface area contributed by atoms with Crippen molar-refractivity contribution >= 4 is 11.9 Å². The number of carboxylic acid groups (broad SMARTS) is 1. The molecule has 0 spiro atoms. The number of amides is 1. The van der Waals surface area contributed by atoms with Crippen LogP contribution in [0.15, 0.2) is 30.5 Å². The summed E-state index contributed by atoms with van der Waals surface area (Å²) in [6, 6.07) is 6.36. The normalized spacial score (nSPS) is 11.4. The van der Waals surface area contributed by atoms with E-state index in [0.29, 0.717) is 10.2 Å². The highest BCUT2D eigenvalue weighted by Gasteiger charge is 2.41. The van der Waals surface area contributed by atoms with Gasteiger partial charge in [-0.25, -0.2) is 4.68 Å². The molecule has 1 N–H and O–H groups in total. The molecule has 6 nitrogen and oxygen atoms in total. The maximum absolute atomic E-state index is 13.6. The third-order valence-electron chi connectivity index (χ3n) is 3.62. The van der Waals surface area contributed by atoms with Crippen molar-refractivity contribution in [2.75, 3.05) is 13.6 Å². The third-order valence-corrected chi connectivity index (χ3v) is 3.62. The van der Waals surface area contributed by atoms with Crippen LogP contribution in [0.4, 0.5) is 13.2 Å². The van der Waals surface area contributed by atoms with Gasteiger partial charge in [-0.1, -0.05) is 18.2 Å². The lowest BCUT2D eigenvalue weighted by Crippen LogP contribution is -2.31. The fourth-order valence-corrected chi connectivity index (χ4v) is 2.33. The molecule has 0 saturated carbocycles. The summed E-state index contributed by atoms with van der Waals surface area (Å²) in [4.78, 5) is 23.8. The van der Waals surface area contributed by atoms with Crippen molar-refractivity contribution in [2.24, 2.45) is 0 Å². The molecule has 1 amide bonds. The number of aliphatic carboxylic acids is 1. The molecule has 2 aromatic rings. The fraction of sp³-hybridized carbons (Fsp3) is 0.312. The highest BCUT2D eigenvalue weighted by atomic mass is 19.4. The molecule has 0 fully saturated rings. The Kier molecular flexibility index (Phi) is 5.15. The highest BCUT2D eigenvalue weighted by Crippen LogP contribution is 2.34. The van der Waals surface area contributed by atoms with Crippen LogP contribution in [0.25, 0.3) is 5.69 Å². The molecule has 1 heterocycles. The lowest BCUT2D eigenvalue weighted by atomic mass is 10.1. The molecule has 1 aromatic carbocycles. The second-order valence-electron chi connectivity index (χ2n) is 5.47. The maximum Gasteiger partial charge on any atom is 0.434 e. The van der Waals surface area contributed by atoms with E-state index in [0.717, 1.165) is 11.1 Å². The standard InChI is InChI=1S/C16H16F3N3O3/c1-10-5-3-4-6-12(10)22-14(16(17,18)19)11(9-20-22)15(25)21(2)8-7-13(23)24/h3-6,9H,7-8H2,1-2H3,(H,23,24). The van der Waals surface area contributed by atoms with Crippen LogP contribution >= 0.6 is 0 Å². The first-order valence-corrected chi connectivity index (χ1v) is 7.31. The largest absolute Gasteiger partial charge is 0.481 e. The quantitative estimate of drug-likeness (QED) is 0.895. The van der Waals surface area contributed by atoms with Crippen molar-refractivity contribution < 1.29 is 27.9 Å². The number of aromatic nitrogens is 2. The molecule has 0 aliphatic carbocycles. The molecule has 1 aromatic heterocycles. The SMILES string of the molecule is Cc1ccccc1-n1ncc(C(=O)N(C)CCC(=O)O)c1C(F)(F)F. The average Bonchev–Trinajstić information content (AvgIpc) is 2.97. The van der Waals surface area contributed by atoms with E-state index in [4.69, 9.17) is 5.11 Å². The summed E-state index contributed by atoms with van der Waals surface area (Å²) in [5, 5.41) is 12.4. The van der Waals surface area contributed by atoms with Gasteiger partial charge in [0, 0.05) is 13.6 Å². The van der Waals surface area contributed by atoms with Gasteiger partial charge in [0.1, 0.15) is 0 Å².